The van der Waals surface area contributed by atoms with Crippen molar-refractivity contribution in [2.24, 2.45) is 0 Å². The molecule has 2 N–H and O–H groups in total. The molecule has 10 heteroatoms. The van der Waals surface area contributed by atoms with Gasteiger partial charge in [-0.25, -0.2) is 19.2 Å². The Morgan fingerprint density at radius 3 is 2.71 bits per heavy atom. The minimum atomic E-state index is -0.351. The van der Waals surface area contributed by atoms with Gasteiger partial charge < -0.3 is 15.4 Å². The second kappa shape index (κ2) is 9.99. The van der Waals surface area contributed by atoms with E-state index in [-0.39, 0.29) is 11.8 Å². The SMILES string of the molecule is CCNc1nc2ccc(N(CCN3CCOCC3)C(=O)Nc3ccc(F)cc3)nc2s1. The molecule has 4 rings (SSSR count). The number of halogens is 1. The molecule has 0 spiro atoms. The van der Waals surface area contributed by atoms with Crippen LogP contribution >= 0.6 is 11.3 Å². The standard InChI is InChI=1S/C21H25FN6O2S/c1-2-23-20-25-17-7-8-18(26-19(17)31-20)28(10-9-27-11-13-30-14-12-27)21(29)24-16-5-3-15(22)4-6-16/h3-8H,2,9-14H2,1H3,(H,23,25)(H,24,29). The normalized spacial score (nSPS) is 14.5. The molecule has 0 saturated carbocycles. The lowest BCUT2D eigenvalue weighted by Crippen LogP contribution is -2.44. The lowest BCUT2D eigenvalue weighted by molar-refractivity contribution is 0.0393. The van der Waals surface area contributed by atoms with Gasteiger partial charge in [-0.1, -0.05) is 11.3 Å². The zero-order chi connectivity index (χ0) is 21.6. The Balaban J connectivity index is 1.56. The van der Waals surface area contributed by atoms with Crippen LogP contribution in [0, 0.1) is 5.82 Å². The average Bonchev–Trinajstić information content (AvgIpc) is 3.18. The second-order valence-corrected chi connectivity index (χ2v) is 8.06. The number of nitrogens with zero attached hydrogens (tertiary/aromatic N) is 4. The van der Waals surface area contributed by atoms with Crippen molar-refractivity contribution in [1.82, 2.24) is 14.9 Å². The summed E-state index contributed by atoms with van der Waals surface area (Å²) in [6.45, 7) is 7.01. The molecule has 0 atom stereocenters. The molecule has 164 valence electrons. The minimum Gasteiger partial charge on any atom is -0.379 e. The molecular weight excluding hydrogens is 419 g/mol. The number of urea groups is 1. The topological polar surface area (TPSA) is 82.6 Å². The number of pyridine rings is 1. The Kier molecular flexibility index (Phi) is 6.90. The summed E-state index contributed by atoms with van der Waals surface area (Å²) in [4.78, 5) is 27.0. The van der Waals surface area contributed by atoms with Crippen LogP contribution in [0.5, 0.6) is 0 Å². The van der Waals surface area contributed by atoms with Gasteiger partial charge >= 0.3 is 6.03 Å². The maximum atomic E-state index is 13.2. The van der Waals surface area contributed by atoms with Crippen molar-refractivity contribution in [3.8, 4) is 0 Å². The summed E-state index contributed by atoms with van der Waals surface area (Å²) in [5, 5.41) is 6.84. The summed E-state index contributed by atoms with van der Waals surface area (Å²) < 4.78 is 18.6. The Morgan fingerprint density at radius 2 is 1.97 bits per heavy atom. The second-order valence-electron chi connectivity index (χ2n) is 7.09. The predicted molar refractivity (Wildman–Crippen MR) is 122 cm³/mol. The number of carbonyl (C=O) groups excluding carboxylic acids is 1. The summed E-state index contributed by atoms with van der Waals surface area (Å²) in [7, 11) is 0. The molecule has 31 heavy (non-hydrogen) atoms. The molecule has 1 fully saturated rings. The van der Waals surface area contributed by atoms with Gasteiger partial charge in [0.05, 0.1) is 13.2 Å². The smallest absolute Gasteiger partial charge is 0.327 e. The molecule has 1 saturated heterocycles. The minimum absolute atomic E-state index is 0.317. The van der Waals surface area contributed by atoms with Crippen molar-refractivity contribution in [2.75, 3.05) is 61.5 Å². The number of hydrogen-bond acceptors (Lipinski definition) is 7. The van der Waals surface area contributed by atoms with Crippen LogP contribution in [0.3, 0.4) is 0 Å². The summed E-state index contributed by atoms with van der Waals surface area (Å²) >= 11 is 1.46. The average molecular weight is 445 g/mol. The number of ether oxygens (including phenoxy) is 1. The van der Waals surface area contributed by atoms with Gasteiger partial charge in [0.25, 0.3) is 0 Å². The fourth-order valence-corrected chi connectivity index (χ4v) is 4.20. The van der Waals surface area contributed by atoms with Crippen molar-refractivity contribution in [1.29, 1.82) is 0 Å². The summed E-state index contributed by atoms with van der Waals surface area (Å²) in [5.41, 5.74) is 1.31. The van der Waals surface area contributed by atoms with E-state index in [0.717, 1.165) is 35.1 Å². The lowest BCUT2D eigenvalue weighted by atomic mass is 10.3. The molecule has 1 aliphatic heterocycles. The molecule has 0 radical (unpaired) electrons. The van der Waals surface area contributed by atoms with Gasteiger partial charge in [0, 0.05) is 38.4 Å². The third-order valence-corrected chi connectivity index (χ3v) is 5.85. The molecule has 1 aromatic carbocycles. The molecular formula is C21H25FN6O2S. The largest absolute Gasteiger partial charge is 0.379 e. The van der Waals surface area contributed by atoms with Crippen LogP contribution in [0.15, 0.2) is 36.4 Å². The highest BCUT2D eigenvalue weighted by Gasteiger charge is 2.21. The van der Waals surface area contributed by atoms with E-state index in [1.165, 1.54) is 35.6 Å². The number of benzene rings is 1. The number of rotatable bonds is 7. The predicted octanol–water partition coefficient (Wildman–Crippen LogP) is 3.63. The van der Waals surface area contributed by atoms with E-state index in [1.54, 1.807) is 11.0 Å². The summed E-state index contributed by atoms with van der Waals surface area (Å²) in [6, 6.07) is 9.08. The number of morpholine rings is 1. The number of aromatic nitrogens is 2. The fourth-order valence-electron chi connectivity index (χ4n) is 3.29. The first-order chi connectivity index (χ1) is 15.1. The Bertz CT molecular complexity index is 1020. The third kappa shape index (κ3) is 5.46. The molecule has 3 aromatic rings. The van der Waals surface area contributed by atoms with Gasteiger partial charge in [-0.15, -0.1) is 0 Å². The highest BCUT2D eigenvalue weighted by Crippen LogP contribution is 2.27. The van der Waals surface area contributed by atoms with Crippen LogP contribution in [0.2, 0.25) is 0 Å². The Morgan fingerprint density at radius 1 is 1.19 bits per heavy atom. The van der Waals surface area contributed by atoms with E-state index in [4.69, 9.17) is 9.72 Å². The molecule has 0 aliphatic carbocycles. The zero-order valence-electron chi connectivity index (χ0n) is 17.3. The van der Waals surface area contributed by atoms with Crippen molar-refractivity contribution in [3.05, 3.63) is 42.2 Å². The van der Waals surface area contributed by atoms with Crippen LogP contribution in [0.1, 0.15) is 6.92 Å². The Labute approximate surface area is 184 Å². The number of fused-ring (bicyclic) bond motifs is 1. The van der Waals surface area contributed by atoms with Gasteiger partial charge in [-0.3, -0.25) is 9.80 Å². The molecule has 8 nitrogen and oxygen atoms in total. The van der Waals surface area contributed by atoms with Crippen molar-refractivity contribution < 1.29 is 13.9 Å². The molecule has 2 amide bonds. The van der Waals surface area contributed by atoms with E-state index < -0.39 is 0 Å². The van der Waals surface area contributed by atoms with Crippen molar-refractivity contribution in [2.45, 2.75) is 6.92 Å². The van der Waals surface area contributed by atoms with Crippen LogP contribution in [-0.2, 0) is 4.74 Å². The lowest BCUT2D eigenvalue weighted by Gasteiger charge is -2.29. The van der Waals surface area contributed by atoms with Gasteiger partial charge in [-0.2, -0.15) is 0 Å². The number of hydrogen-bond donors (Lipinski definition) is 2. The van der Waals surface area contributed by atoms with Gasteiger partial charge in [0.1, 0.15) is 22.0 Å². The molecule has 3 heterocycles. The Hall–Kier alpha value is -2.82. The number of nitrogens with one attached hydrogen (secondary N) is 2. The zero-order valence-corrected chi connectivity index (χ0v) is 18.1. The van der Waals surface area contributed by atoms with E-state index in [9.17, 15) is 9.18 Å². The summed E-state index contributed by atoms with van der Waals surface area (Å²) in [5.74, 6) is 0.197. The first kappa shape index (κ1) is 21.4. The number of thiazole rings is 1. The third-order valence-electron chi connectivity index (χ3n) is 4.93. The quantitative estimate of drug-likeness (QED) is 0.579. The number of amides is 2. The first-order valence-electron chi connectivity index (χ1n) is 10.3. The van der Waals surface area contributed by atoms with E-state index in [2.05, 4.69) is 20.5 Å². The highest BCUT2D eigenvalue weighted by atomic mass is 32.1. The monoisotopic (exact) mass is 444 g/mol. The number of anilines is 3. The van der Waals surface area contributed by atoms with Gasteiger partial charge in [-0.05, 0) is 43.3 Å². The van der Waals surface area contributed by atoms with Gasteiger partial charge in [0.2, 0.25) is 0 Å². The molecule has 2 aromatic heterocycles. The van der Waals surface area contributed by atoms with Crippen molar-refractivity contribution >= 4 is 44.4 Å². The van der Waals surface area contributed by atoms with E-state index in [0.29, 0.717) is 37.8 Å². The van der Waals surface area contributed by atoms with E-state index >= 15 is 0 Å². The van der Waals surface area contributed by atoms with Crippen LogP contribution in [0.4, 0.5) is 25.8 Å². The first-order valence-corrected chi connectivity index (χ1v) is 11.1. The van der Waals surface area contributed by atoms with Gasteiger partial charge in [0.15, 0.2) is 5.13 Å². The van der Waals surface area contributed by atoms with Crippen molar-refractivity contribution in [3.63, 3.8) is 0 Å². The molecule has 0 unspecified atom stereocenters. The maximum absolute atomic E-state index is 13.2. The number of carbonyl (C=O) groups is 1. The highest BCUT2D eigenvalue weighted by molar-refractivity contribution is 7.21. The van der Waals surface area contributed by atoms with Crippen LogP contribution in [-0.4, -0.2) is 66.8 Å². The molecule has 0 bridgehead atoms. The fraction of sp³-hybridized carbons (Fsp3) is 0.381. The van der Waals surface area contributed by atoms with E-state index in [1.807, 2.05) is 13.0 Å². The van der Waals surface area contributed by atoms with Crippen LogP contribution < -0.4 is 15.5 Å². The summed E-state index contributed by atoms with van der Waals surface area (Å²) in [6.07, 6.45) is 0. The maximum Gasteiger partial charge on any atom is 0.327 e. The van der Waals surface area contributed by atoms with Crippen LogP contribution in [0.25, 0.3) is 10.3 Å². The molecule has 1 aliphatic rings.